The maximum atomic E-state index is 12.8. The molecule has 9 heteroatoms. The highest BCUT2D eigenvalue weighted by atomic mass is 35.5. The van der Waals surface area contributed by atoms with E-state index < -0.39 is 11.9 Å². The third-order valence-corrected chi connectivity index (χ3v) is 4.60. The summed E-state index contributed by atoms with van der Waals surface area (Å²) in [6, 6.07) is 8.12. The zero-order chi connectivity index (χ0) is 20.4. The summed E-state index contributed by atoms with van der Waals surface area (Å²) in [6.45, 7) is 3.31. The number of carbonyl (C=O) groups is 2. The summed E-state index contributed by atoms with van der Waals surface area (Å²) >= 11 is 11.9. The standard InChI is InChI=1S/C19H14Cl2N4O3/c1-9-12(20)4-3-5-13(9)25-18(26)17-15(19(27)28)16(23-10(2)24-17)11-6-7-14(21)22-8-11/h3-8H,1-2H3,(H,25,26)(H,27,28). The number of aromatic carboxylic acids is 1. The van der Waals surface area contributed by atoms with Gasteiger partial charge < -0.3 is 10.4 Å². The van der Waals surface area contributed by atoms with Crippen LogP contribution >= 0.6 is 23.2 Å². The molecule has 2 heterocycles. The van der Waals surface area contributed by atoms with E-state index in [4.69, 9.17) is 23.2 Å². The highest BCUT2D eigenvalue weighted by Gasteiger charge is 2.26. The maximum absolute atomic E-state index is 12.8. The van der Waals surface area contributed by atoms with Gasteiger partial charge in [0.2, 0.25) is 0 Å². The molecule has 2 N–H and O–H groups in total. The van der Waals surface area contributed by atoms with Gasteiger partial charge in [-0.15, -0.1) is 0 Å². The molecule has 0 saturated carbocycles. The van der Waals surface area contributed by atoms with Crippen LogP contribution in [-0.4, -0.2) is 31.9 Å². The first-order valence-electron chi connectivity index (χ1n) is 8.08. The van der Waals surface area contributed by atoms with Crippen molar-refractivity contribution in [3.8, 4) is 11.3 Å². The number of anilines is 1. The summed E-state index contributed by atoms with van der Waals surface area (Å²) in [5.41, 5.74) is 1.01. The number of carboxylic acid groups (broad SMARTS) is 1. The van der Waals surface area contributed by atoms with E-state index in [1.54, 1.807) is 38.1 Å². The first-order valence-corrected chi connectivity index (χ1v) is 8.84. The number of nitrogens with one attached hydrogen (secondary N) is 1. The van der Waals surface area contributed by atoms with Crippen LogP contribution in [0.25, 0.3) is 11.3 Å². The molecular weight excluding hydrogens is 403 g/mol. The fourth-order valence-corrected chi connectivity index (χ4v) is 2.87. The van der Waals surface area contributed by atoms with E-state index in [0.29, 0.717) is 21.8 Å². The van der Waals surface area contributed by atoms with Gasteiger partial charge >= 0.3 is 5.97 Å². The number of benzene rings is 1. The molecule has 2 aromatic heterocycles. The molecule has 142 valence electrons. The smallest absolute Gasteiger partial charge is 0.340 e. The number of pyridine rings is 1. The van der Waals surface area contributed by atoms with Crippen LogP contribution in [-0.2, 0) is 0 Å². The van der Waals surface area contributed by atoms with E-state index in [9.17, 15) is 14.7 Å². The van der Waals surface area contributed by atoms with E-state index in [1.165, 1.54) is 12.3 Å². The quantitative estimate of drug-likeness (QED) is 0.610. The van der Waals surface area contributed by atoms with Crippen LogP contribution < -0.4 is 5.32 Å². The van der Waals surface area contributed by atoms with Gasteiger partial charge in [-0.3, -0.25) is 4.79 Å². The molecule has 0 radical (unpaired) electrons. The van der Waals surface area contributed by atoms with E-state index in [0.717, 1.165) is 0 Å². The van der Waals surface area contributed by atoms with Crippen LogP contribution in [0.15, 0.2) is 36.5 Å². The zero-order valence-electron chi connectivity index (χ0n) is 14.8. The largest absolute Gasteiger partial charge is 0.478 e. The topological polar surface area (TPSA) is 105 Å². The van der Waals surface area contributed by atoms with Crippen LogP contribution in [0, 0.1) is 13.8 Å². The number of carboxylic acids is 1. The number of halogens is 2. The molecule has 0 aliphatic carbocycles. The van der Waals surface area contributed by atoms with Crippen molar-refractivity contribution in [1.82, 2.24) is 15.0 Å². The average Bonchev–Trinajstić information content (AvgIpc) is 2.65. The minimum absolute atomic E-state index is 0.0807. The molecule has 1 amide bonds. The van der Waals surface area contributed by atoms with Crippen molar-refractivity contribution in [2.24, 2.45) is 0 Å². The highest BCUT2D eigenvalue weighted by molar-refractivity contribution is 6.32. The number of hydrogen-bond donors (Lipinski definition) is 2. The first kappa shape index (κ1) is 19.7. The molecule has 1 aromatic carbocycles. The van der Waals surface area contributed by atoms with Gasteiger partial charge in [-0.1, -0.05) is 29.3 Å². The van der Waals surface area contributed by atoms with Gasteiger partial charge in [0.15, 0.2) is 0 Å². The van der Waals surface area contributed by atoms with E-state index in [-0.39, 0.29) is 27.9 Å². The number of amides is 1. The molecular formula is C19H14Cl2N4O3. The second-order valence-corrected chi connectivity index (χ2v) is 6.68. The van der Waals surface area contributed by atoms with Gasteiger partial charge in [-0.05, 0) is 43.7 Å². The normalized spacial score (nSPS) is 10.6. The Bertz CT molecular complexity index is 1090. The molecule has 0 aliphatic rings. The highest BCUT2D eigenvalue weighted by Crippen LogP contribution is 2.27. The summed E-state index contributed by atoms with van der Waals surface area (Å²) in [5, 5.41) is 13.1. The van der Waals surface area contributed by atoms with Gasteiger partial charge in [0.25, 0.3) is 5.91 Å². The lowest BCUT2D eigenvalue weighted by molar-refractivity contribution is 0.0692. The number of hydrogen-bond acceptors (Lipinski definition) is 5. The van der Waals surface area contributed by atoms with E-state index in [2.05, 4.69) is 20.3 Å². The minimum atomic E-state index is -1.34. The third-order valence-electron chi connectivity index (χ3n) is 3.97. The van der Waals surface area contributed by atoms with Crippen LogP contribution in [0.1, 0.15) is 32.2 Å². The molecule has 0 fully saturated rings. The van der Waals surface area contributed by atoms with Gasteiger partial charge in [0.1, 0.15) is 22.2 Å². The fraction of sp³-hybridized carbons (Fsp3) is 0.105. The Kier molecular flexibility index (Phi) is 5.58. The predicted molar refractivity (Wildman–Crippen MR) is 106 cm³/mol. The number of carbonyl (C=O) groups excluding carboxylic acids is 1. The summed E-state index contributed by atoms with van der Waals surface area (Å²) < 4.78 is 0. The minimum Gasteiger partial charge on any atom is -0.478 e. The first-order chi connectivity index (χ1) is 13.3. The summed E-state index contributed by atoms with van der Waals surface area (Å²) in [5.74, 6) is -1.78. The Labute approximate surface area is 170 Å². The van der Waals surface area contributed by atoms with Gasteiger partial charge in [0.05, 0.1) is 5.69 Å². The number of aromatic nitrogens is 3. The number of rotatable bonds is 4. The molecule has 0 atom stereocenters. The SMILES string of the molecule is Cc1nc(C(=O)Nc2cccc(Cl)c2C)c(C(=O)O)c(-c2ccc(Cl)nc2)n1. The molecule has 3 aromatic rings. The van der Waals surface area contributed by atoms with Crippen LogP contribution in [0.5, 0.6) is 0 Å². The van der Waals surface area contributed by atoms with Crippen molar-refractivity contribution in [2.75, 3.05) is 5.32 Å². The molecule has 0 unspecified atom stereocenters. The molecule has 0 bridgehead atoms. The maximum Gasteiger partial charge on any atom is 0.340 e. The Morgan fingerprint density at radius 2 is 1.82 bits per heavy atom. The Balaban J connectivity index is 2.12. The van der Waals surface area contributed by atoms with Crippen molar-refractivity contribution in [3.05, 3.63) is 69.3 Å². The zero-order valence-corrected chi connectivity index (χ0v) is 16.3. The van der Waals surface area contributed by atoms with Crippen molar-refractivity contribution in [3.63, 3.8) is 0 Å². The lowest BCUT2D eigenvalue weighted by Gasteiger charge is -2.13. The lowest BCUT2D eigenvalue weighted by Crippen LogP contribution is -2.21. The molecule has 28 heavy (non-hydrogen) atoms. The predicted octanol–water partition coefficient (Wildman–Crippen LogP) is 4.41. The number of aryl methyl sites for hydroxylation is 1. The van der Waals surface area contributed by atoms with E-state index >= 15 is 0 Å². The molecule has 3 rings (SSSR count). The van der Waals surface area contributed by atoms with Crippen molar-refractivity contribution in [2.45, 2.75) is 13.8 Å². The summed E-state index contributed by atoms with van der Waals surface area (Å²) in [7, 11) is 0. The lowest BCUT2D eigenvalue weighted by atomic mass is 10.0. The molecule has 7 nitrogen and oxygen atoms in total. The van der Waals surface area contributed by atoms with E-state index in [1.807, 2.05) is 0 Å². The molecule has 0 aliphatic heterocycles. The average molecular weight is 417 g/mol. The Morgan fingerprint density at radius 1 is 1.07 bits per heavy atom. The molecule has 0 saturated heterocycles. The summed E-state index contributed by atoms with van der Waals surface area (Å²) in [4.78, 5) is 37.0. The monoisotopic (exact) mass is 416 g/mol. The van der Waals surface area contributed by atoms with Crippen molar-refractivity contribution < 1.29 is 14.7 Å². The number of nitrogens with zero attached hydrogens (tertiary/aromatic N) is 3. The summed E-state index contributed by atoms with van der Waals surface area (Å²) in [6.07, 6.45) is 1.39. The van der Waals surface area contributed by atoms with Gasteiger partial charge in [0, 0.05) is 22.5 Å². The Hall–Kier alpha value is -3.03. The van der Waals surface area contributed by atoms with Crippen molar-refractivity contribution >= 4 is 40.8 Å². The second-order valence-electron chi connectivity index (χ2n) is 5.88. The van der Waals surface area contributed by atoms with Crippen molar-refractivity contribution in [1.29, 1.82) is 0 Å². The van der Waals surface area contributed by atoms with Crippen LogP contribution in [0.3, 0.4) is 0 Å². The van der Waals surface area contributed by atoms with Gasteiger partial charge in [-0.25, -0.2) is 19.7 Å². The second kappa shape index (κ2) is 7.92. The fourth-order valence-electron chi connectivity index (χ4n) is 2.59. The van der Waals surface area contributed by atoms with Crippen LogP contribution in [0.4, 0.5) is 5.69 Å². The third kappa shape index (κ3) is 3.95. The Morgan fingerprint density at radius 3 is 2.46 bits per heavy atom. The molecule has 0 spiro atoms. The van der Waals surface area contributed by atoms with Gasteiger partial charge in [-0.2, -0.15) is 0 Å². The van der Waals surface area contributed by atoms with Crippen LogP contribution in [0.2, 0.25) is 10.2 Å².